The van der Waals surface area contributed by atoms with Gasteiger partial charge in [-0.15, -0.1) is 0 Å². The second kappa shape index (κ2) is 13.5. The first-order valence-electron chi connectivity index (χ1n) is 22.6. The molecule has 61 heavy (non-hydrogen) atoms. The van der Waals surface area contributed by atoms with Crippen LogP contribution >= 0.6 is 0 Å². The van der Waals surface area contributed by atoms with Gasteiger partial charge in [0.25, 0.3) is 0 Å². The molecule has 0 atom stereocenters. The lowest BCUT2D eigenvalue weighted by Gasteiger charge is -2.37. The Labute approximate surface area is 357 Å². The number of para-hydroxylation sites is 1. The molecule has 2 fully saturated rings. The van der Waals surface area contributed by atoms with Gasteiger partial charge in [-0.05, 0) is 130 Å². The van der Waals surface area contributed by atoms with Crippen LogP contribution in [0.3, 0.4) is 0 Å². The molecule has 0 aliphatic heterocycles. The van der Waals surface area contributed by atoms with Gasteiger partial charge in [0.1, 0.15) is 11.2 Å². The second-order valence-electron chi connectivity index (χ2n) is 18.3. The molecule has 4 aliphatic rings. The van der Waals surface area contributed by atoms with E-state index < -0.39 is 0 Å². The van der Waals surface area contributed by atoms with Crippen LogP contribution in [0.15, 0.2) is 162 Å². The van der Waals surface area contributed by atoms with Gasteiger partial charge < -0.3 is 4.42 Å². The van der Waals surface area contributed by atoms with E-state index in [2.05, 4.69) is 140 Å². The number of aromatic nitrogens is 2. The molecule has 0 N–H and O–H groups in total. The van der Waals surface area contributed by atoms with Crippen molar-refractivity contribution in [2.75, 3.05) is 0 Å². The molecule has 0 saturated heterocycles. The molecule has 294 valence electrons. The molecule has 0 unspecified atom stereocenters. The third-order valence-electron chi connectivity index (χ3n) is 15.1. The summed E-state index contributed by atoms with van der Waals surface area (Å²) in [6.07, 6.45) is 12.8. The van der Waals surface area contributed by atoms with Gasteiger partial charge in [-0.3, -0.25) is 0 Å². The highest BCUT2D eigenvalue weighted by atomic mass is 16.3. The van der Waals surface area contributed by atoms with Crippen LogP contribution in [0.4, 0.5) is 0 Å². The molecule has 9 aromatic rings. The number of rotatable bonds is 4. The minimum atomic E-state index is 0.0515. The van der Waals surface area contributed by atoms with E-state index in [4.69, 9.17) is 14.4 Å². The van der Waals surface area contributed by atoms with Crippen molar-refractivity contribution >= 4 is 21.9 Å². The highest BCUT2D eigenvalue weighted by Crippen LogP contribution is 2.62. The normalized spacial score (nSPS) is 16.8. The van der Waals surface area contributed by atoms with Gasteiger partial charge in [0.2, 0.25) is 0 Å². The average molecular weight is 787 g/mol. The van der Waals surface area contributed by atoms with Crippen molar-refractivity contribution < 1.29 is 4.42 Å². The predicted molar refractivity (Wildman–Crippen MR) is 250 cm³/mol. The number of nitrogens with zero attached hydrogens (tertiary/aromatic N) is 2. The fraction of sp³-hybridized carbons (Fsp3) is 0.207. The van der Waals surface area contributed by atoms with Crippen LogP contribution in [0.5, 0.6) is 0 Å². The summed E-state index contributed by atoms with van der Waals surface area (Å²) < 4.78 is 6.32. The molecule has 2 aromatic heterocycles. The number of fused-ring (bicyclic) bond motifs is 13. The topological polar surface area (TPSA) is 38.9 Å². The molecule has 13 rings (SSSR count). The van der Waals surface area contributed by atoms with Crippen molar-refractivity contribution in [1.29, 1.82) is 0 Å². The van der Waals surface area contributed by atoms with E-state index >= 15 is 0 Å². The number of hydrogen-bond donors (Lipinski definition) is 0. The first kappa shape index (κ1) is 35.2. The van der Waals surface area contributed by atoms with Crippen LogP contribution in [0.25, 0.3) is 89.2 Å². The minimum Gasteiger partial charge on any atom is -0.456 e. The lowest BCUT2D eigenvalue weighted by atomic mass is 9.66. The summed E-state index contributed by atoms with van der Waals surface area (Å²) in [6.45, 7) is 0. The SMILES string of the molecule is c1ccc(-c2nc(-c3cccc(-c4ccc5c(c4)C4(CCCCC4)c4cc6c(cc4-5)C4(CCCCC4)c4ccccc4-6)c3)cc(-c3ccc4c(c3)oc3ccccc34)n2)cc1. The van der Waals surface area contributed by atoms with Crippen LogP contribution < -0.4 is 0 Å². The Kier molecular flexibility index (Phi) is 7.77. The maximum atomic E-state index is 6.32. The number of benzene rings is 7. The van der Waals surface area contributed by atoms with Gasteiger partial charge >= 0.3 is 0 Å². The number of furan rings is 1. The molecular formula is C58H46N2O. The van der Waals surface area contributed by atoms with E-state index in [1.807, 2.05) is 18.2 Å². The zero-order valence-corrected chi connectivity index (χ0v) is 34.4. The van der Waals surface area contributed by atoms with E-state index in [-0.39, 0.29) is 10.8 Å². The molecule has 0 bridgehead atoms. The zero-order valence-electron chi connectivity index (χ0n) is 34.4. The van der Waals surface area contributed by atoms with Crippen molar-refractivity contribution in [2.24, 2.45) is 0 Å². The minimum absolute atomic E-state index is 0.0515. The van der Waals surface area contributed by atoms with Crippen LogP contribution in [0, 0.1) is 0 Å². The summed E-state index contributed by atoms with van der Waals surface area (Å²) in [5.41, 5.74) is 21.5. The summed E-state index contributed by atoms with van der Waals surface area (Å²) >= 11 is 0. The van der Waals surface area contributed by atoms with Crippen LogP contribution in [0.2, 0.25) is 0 Å². The van der Waals surface area contributed by atoms with E-state index in [1.165, 1.54) is 103 Å². The molecule has 2 spiro atoms. The Bertz CT molecular complexity index is 3210. The second-order valence-corrected chi connectivity index (χ2v) is 18.3. The first-order chi connectivity index (χ1) is 30.1. The van der Waals surface area contributed by atoms with Crippen molar-refractivity contribution in [3.05, 3.63) is 180 Å². The van der Waals surface area contributed by atoms with Gasteiger partial charge in [-0.25, -0.2) is 9.97 Å². The van der Waals surface area contributed by atoms with Crippen molar-refractivity contribution in [2.45, 2.75) is 75.0 Å². The maximum absolute atomic E-state index is 6.32. The Balaban J connectivity index is 0.927. The Morgan fingerprint density at radius 2 is 0.902 bits per heavy atom. The van der Waals surface area contributed by atoms with E-state index in [0.717, 1.165) is 50.0 Å². The van der Waals surface area contributed by atoms with Crippen molar-refractivity contribution in [3.63, 3.8) is 0 Å². The molecule has 0 radical (unpaired) electrons. The third-order valence-corrected chi connectivity index (χ3v) is 15.1. The van der Waals surface area contributed by atoms with Gasteiger partial charge in [-0.1, -0.05) is 148 Å². The van der Waals surface area contributed by atoms with E-state index in [9.17, 15) is 0 Å². The number of hydrogen-bond acceptors (Lipinski definition) is 3. The van der Waals surface area contributed by atoms with Crippen molar-refractivity contribution in [3.8, 4) is 67.3 Å². The Morgan fingerprint density at radius 1 is 0.344 bits per heavy atom. The summed E-state index contributed by atoms with van der Waals surface area (Å²) in [4.78, 5) is 10.4. The monoisotopic (exact) mass is 786 g/mol. The highest BCUT2D eigenvalue weighted by molar-refractivity contribution is 6.06. The Hall–Kier alpha value is -6.58. The van der Waals surface area contributed by atoms with Gasteiger partial charge in [0.05, 0.1) is 11.4 Å². The molecule has 3 heteroatoms. The standard InChI is InChI=1S/C58H46N2O/c1-4-15-37(16-5-1)56-59-52(36-53(60-56)41-24-26-45-44-20-7-9-22-54(44)61-55(45)33-41)40-18-14-17-38(31-40)39-23-25-43-47-35-50-46(34-51(47)58(49(43)32-39)29-12-3-13-30-58)42-19-6-8-21-48(42)57(50)27-10-2-11-28-57/h1,4-9,14-26,31-36H,2-3,10-13,27-30H2. The van der Waals surface area contributed by atoms with E-state index in [0.29, 0.717) is 5.82 Å². The van der Waals surface area contributed by atoms with Crippen LogP contribution in [-0.2, 0) is 10.8 Å². The zero-order chi connectivity index (χ0) is 40.1. The van der Waals surface area contributed by atoms with Gasteiger partial charge in [0, 0.05) is 38.3 Å². The largest absolute Gasteiger partial charge is 0.456 e. The van der Waals surface area contributed by atoms with Gasteiger partial charge in [0.15, 0.2) is 5.82 Å². The molecule has 2 saturated carbocycles. The average Bonchev–Trinajstić information content (AvgIpc) is 3.92. The maximum Gasteiger partial charge on any atom is 0.160 e. The summed E-state index contributed by atoms with van der Waals surface area (Å²) in [6, 6.07) is 58.3. The van der Waals surface area contributed by atoms with E-state index in [1.54, 1.807) is 16.7 Å². The fourth-order valence-corrected chi connectivity index (χ4v) is 12.2. The molecular weight excluding hydrogens is 741 g/mol. The molecule has 3 nitrogen and oxygen atoms in total. The quantitative estimate of drug-likeness (QED) is 0.178. The molecule has 4 aliphatic carbocycles. The van der Waals surface area contributed by atoms with Crippen LogP contribution in [-0.4, -0.2) is 9.97 Å². The summed E-state index contributed by atoms with van der Waals surface area (Å²) in [5.74, 6) is 0.710. The fourth-order valence-electron chi connectivity index (χ4n) is 12.2. The smallest absolute Gasteiger partial charge is 0.160 e. The van der Waals surface area contributed by atoms with Gasteiger partial charge in [-0.2, -0.15) is 0 Å². The molecule has 7 aromatic carbocycles. The summed E-state index contributed by atoms with van der Waals surface area (Å²) in [5, 5.41) is 2.24. The lowest BCUT2D eigenvalue weighted by molar-refractivity contribution is 0.350. The third kappa shape index (κ3) is 5.29. The first-order valence-corrected chi connectivity index (χ1v) is 22.6. The molecule has 2 heterocycles. The highest BCUT2D eigenvalue weighted by Gasteiger charge is 2.49. The van der Waals surface area contributed by atoms with Crippen molar-refractivity contribution in [1.82, 2.24) is 9.97 Å². The summed E-state index contributed by atoms with van der Waals surface area (Å²) in [7, 11) is 0. The Morgan fingerprint density at radius 3 is 1.67 bits per heavy atom. The lowest BCUT2D eigenvalue weighted by Crippen LogP contribution is -2.29. The predicted octanol–water partition coefficient (Wildman–Crippen LogP) is 15.5. The molecule has 0 amide bonds. The van der Waals surface area contributed by atoms with Crippen LogP contribution in [0.1, 0.15) is 86.5 Å².